The first-order chi connectivity index (χ1) is 18.5. The van der Waals surface area contributed by atoms with Crippen LogP contribution in [-0.4, -0.2) is 26.3 Å². The van der Waals surface area contributed by atoms with E-state index in [-0.39, 0.29) is 11.4 Å². The highest BCUT2D eigenvalue weighted by atomic mass is 16.5. The van der Waals surface area contributed by atoms with Crippen molar-refractivity contribution >= 4 is 11.7 Å². The van der Waals surface area contributed by atoms with Crippen molar-refractivity contribution in [1.29, 1.82) is 0 Å². The second-order valence-electron chi connectivity index (χ2n) is 12.0. The summed E-state index contributed by atoms with van der Waals surface area (Å²) in [5, 5.41) is 3.49. The molecule has 38 heavy (non-hydrogen) atoms. The fourth-order valence-corrected chi connectivity index (χ4v) is 8.32. The van der Waals surface area contributed by atoms with Crippen LogP contribution in [0.1, 0.15) is 85.7 Å². The summed E-state index contributed by atoms with van der Waals surface area (Å²) in [4.78, 5) is 11.7. The fourth-order valence-electron chi connectivity index (χ4n) is 8.32. The average Bonchev–Trinajstić information content (AvgIpc) is 3.31. The molecule has 6 rings (SSSR count). The Morgan fingerprint density at radius 1 is 1.00 bits per heavy atom. The molecule has 5 atom stereocenters. The molecule has 4 aliphatic carbocycles. The van der Waals surface area contributed by atoms with Crippen molar-refractivity contribution < 1.29 is 14.3 Å². The molecule has 0 amide bonds. The van der Waals surface area contributed by atoms with E-state index in [0.29, 0.717) is 23.5 Å². The molecule has 1 N–H and O–H groups in total. The lowest BCUT2D eigenvalue weighted by atomic mass is 9.53. The SMILES string of the molecule is COC(=O)c1ccc(NCc2ccc(C3CC4(C)C(OC)CCC4C4CCC5=CCCCC5=C34)cc2)cc1. The van der Waals surface area contributed by atoms with Gasteiger partial charge in [-0.15, -0.1) is 0 Å². The molecule has 0 radical (unpaired) electrons. The topological polar surface area (TPSA) is 47.6 Å². The van der Waals surface area contributed by atoms with E-state index in [1.165, 1.54) is 69.6 Å². The molecule has 0 bridgehead atoms. The Balaban J connectivity index is 1.25. The molecule has 0 saturated heterocycles. The molecule has 5 unspecified atom stereocenters. The number of hydrogen-bond donors (Lipinski definition) is 1. The predicted octanol–water partition coefficient (Wildman–Crippen LogP) is 7.82. The van der Waals surface area contributed by atoms with Crippen molar-refractivity contribution in [2.24, 2.45) is 17.3 Å². The van der Waals surface area contributed by atoms with Gasteiger partial charge in [0.1, 0.15) is 0 Å². The third-order valence-electron chi connectivity index (χ3n) is 10.2. The van der Waals surface area contributed by atoms with E-state index in [4.69, 9.17) is 9.47 Å². The monoisotopic (exact) mass is 511 g/mol. The van der Waals surface area contributed by atoms with Gasteiger partial charge in [-0.3, -0.25) is 0 Å². The second kappa shape index (κ2) is 10.4. The van der Waals surface area contributed by atoms with E-state index in [1.54, 1.807) is 28.9 Å². The Kier molecular flexibility index (Phi) is 6.94. The van der Waals surface area contributed by atoms with Crippen LogP contribution in [0.15, 0.2) is 71.3 Å². The Morgan fingerprint density at radius 3 is 2.53 bits per heavy atom. The minimum Gasteiger partial charge on any atom is -0.465 e. The minimum absolute atomic E-state index is 0.251. The molecule has 0 spiro atoms. The summed E-state index contributed by atoms with van der Waals surface area (Å²) in [5.41, 5.74) is 9.72. The lowest BCUT2D eigenvalue weighted by molar-refractivity contribution is -0.0298. The third-order valence-corrected chi connectivity index (χ3v) is 10.2. The molecule has 4 nitrogen and oxygen atoms in total. The van der Waals surface area contributed by atoms with Gasteiger partial charge in [-0.1, -0.05) is 42.8 Å². The van der Waals surface area contributed by atoms with Crippen LogP contribution in [0.2, 0.25) is 0 Å². The van der Waals surface area contributed by atoms with Crippen LogP contribution in [0.5, 0.6) is 0 Å². The summed E-state index contributed by atoms with van der Waals surface area (Å²) >= 11 is 0. The zero-order chi connectivity index (χ0) is 26.3. The number of anilines is 1. The van der Waals surface area contributed by atoms with Crippen LogP contribution in [0.25, 0.3) is 0 Å². The average molecular weight is 512 g/mol. The van der Waals surface area contributed by atoms with Crippen molar-refractivity contribution in [3.63, 3.8) is 0 Å². The molecule has 2 saturated carbocycles. The first-order valence-corrected chi connectivity index (χ1v) is 14.5. The van der Waals surface area contributed by atoms with Crippen molar-refractivity contribution in [2.45, 2.75) is 76.9 Å². The molecule has 0 aliphatic heterocycles. The van der Waals surface area contributed by atoms with E-state index in [9.17, 15) is 4.79 Å². The van der Waals surface area contributed by atoms with E-state index >= 15 is 0 Å². The van der Waals surface area contributed by atoms with Crippen molar-refractivity contribution in [1.82, 2.24) is 0 Å². The fraction of sp³-hybridized carbons (Fsp3) is 0.500. The van der Waals surface area contributed by atoms with Gasteiger partial charge in [0, 0.05) is 25.3 Å². The van der Waals surface area contributed by atoms with Crippen molar-refractivity contribution in [3.8, 4) is 0 Å². The maximum Gasteiger partial charge on any atom is 0.337 e. The standard InChI is InChI=1S/C34H41NO3/c1-34-20-29(24-10-8-22(9-11-24)21-35-26-15-12-25(13-16-26)33(36)38-3)32-27-7-5-4-6-23(27)14-17-28(32)30(34)18-19-31(34)37-2/h6,8-13,15-16,28-31,35H,4-5,7,14,17-21H2,1-3H3. The number of carbonyl (C=O) groups is 1. The number of benzene rings is 2. The number of hydrogen-bond acceptors (Lipinski definition) is 4. The van der Waals surface area contributed by atoms with E-state index in [2.05, 4.69) is 42.6 Å². The maximum atomic E-state index is 11.7. The first kappa shape index (κ1) is 25.4. The van der Waals surface area contributed by atoms with Crippen LogP contribution in [0.3, 0.4) is 0 Å². The summed E-state index contributed by atoms with van der Waals surface area (Å²) in [6, 6.07) is 16.8. The number of methoxy groups -OCH3 is 2. The summed E-state index contributed by atoms with van der Waals surface area (Å²) in [6.45, 7) is 3.28. The summed E-state index contributed by atoms with van der Waals surface area (Å²) in [7, 11) is 3.33. The molecular weight excluding hydrogens is 470 g/mol. The number of rotatable bonds is 6. The van der Waals surface area contributed by atoms with Gasteiger partial charge in [-0.05, 0) is 115 Å². The van der Waals surface area contributed by atoms with Crippen molar-refractivity contribution in [2.75, 3.05) is 19.5 Å². The largest absolute Gasteiger partial charge is 0.465 e. The Morgan fingerprint density at radius 2 is 1.79 bits per heavy atom. The van der Waals surface area contributed by atoms with E-state index in [1.807, 2.05) is 19.2 Å². The molecular formula is C34H41NO3. The van der Waals surface area contributed by atoms with Crippen LogP contribution in [-0.2, 0) is 16.0 Å². The number of carbonyl (C=O) groups excluding carboxylic acids is 1. The lowest BCUT2D eigenvalue weighted by Crippen LogP contribution is -2.45. The Labute approximate surface area is 227 Å². The summed E-state index contributed by atoms with van der Waals surface area (Å²) in [5.74, 6) is 1.64. The number of nitrogens with one attached hydrogen (secondary N) is 1. The highest BCUT2D eigenvalue weighted by Gasteiger charge is 2.56. The molecule has 2 aromatic rings. The molecule has 4 aliphatic rings. The number of esters is 1. The summed E-state index contributed by atoms with van der Waals surface area (Å²) in [6.07, 6.45) is 13.0. The molecule has 0 heterocycles. The predicted molar refractivity (Wildman–Crippen MR) is 152 cm³/mol. The Hall–Kier alpha value is -2.85. The van der Waals surface area contributed by atoms with Crippen LogP contribution in [0.4, 0.5) is 5.69 Å². The van der Waals surface area contributed by atoms with Gasteiger partial charge in [-0.25, -0.2) is 4.79 Å². The van der Waals surface area contributed by atoms with Gasteiger partial charge in [0.2, 0.25) is 0 Å². The van der Waals surface area contributed by atoms with Gasteiger partial charge in [-0.2, -0.15) is 0 Å². The minimum atomic E-state index is -0.309. The van der Waals surface area contributed by atoms with Gasteiger partial charge in [0.05, 0.1) is 18.8 Å². The first-order valence-electron chi connectivity index (χ1n) is 14.5. The van der Waals surface area contributed by atoms with Crippen molar-refractivity contribution in [3.05, 3.63) is 88.0 Å². The Bertz CT molecular complexity index is 1240. The zero-order valence-corrected chi connectivity index (χ0v) is 23.1. The molecule has 0 aromatic heterocycles. The number of ether oxygens (including phenoxy) is 2. The quantitative estimate of drug-likeness (QED) is 0.402. The van der Waals surface area contributed by atoms with Gasteiger partial charge in [0.25, 0.3) is 0 Å². The molecule has 2 aromatic carbocycles. The third kappa shape index (κ3) is 4.41. The van der Waals surface area contributed by atoms with Crippen LogP contribution in [0, 0.1) is 17.3 Å². The summed E-state index contributed by atoms with van der Waals surface area (Å²) < 4.78 is 10.9. The second-order valence-corrected chi connectivity index (χ2v) is 12.0. The molecule has 2 fully saturated rings. The highest BCUT2D eigenvalue weighted by molar-refractivity contribution is 5.89. The zero-order valence-electron chi connectivity index (χ0n) is 23.1. The van der Waals surface area contributed by atoms with Gasteiger partial charge in [0.15, 0.2) is 0 Å². The normalized spacial score (nSPS) is 30.1. The highest BCUT2D eigenvalue weighted by Crippen LogP contribution is 2.64. The van der Waals surface area contributed by atoms with Gasteiger partial charge < -0.3 is 14.8 Å². The smallest absolute Gasteiger partial charge is 0.337 e. The molecule has 200 valence electrons. The van der Waals surface area contributed by atoms with E-state index < -0.39 is 0 Å². The number of fused-ring (bicyclic) bond motifs is 4. The molecule has 4 heteroatoms. The number of allylic oxidation sites excluding steroid dienone is 4. The lowest BCUT2D eigenvalue weighted by Gasteiger charge is -2.52. The maximum absolute atomic E-state index is 11.7. The van der Waals surface area contributed by atoms with Crippen LogP contribution >= 0.6 is 0 Å². The van der Waals surface area contributed by atoms with Gasteiger partial charge >= 0.3 is 5.97 Å². The van der Waals surface area contributed by atoms with Crippen LogP contribution < -0.4 is 5.32 Å². The van der Waals surface area contributed by atoms with E-state index in [0.717, 1.165) is 18.2 Å².